The second-order valence-electron chi connectivity index (χ2n) is 6.28. The fourth-order valence-electron chi connectivity index (χ4n) is 2.84. The second-order valence-corrected chi connectivity index (χ2v) is 8.85. The highest BCUT2D eigenvalue weighted by molar-refractivity contribution is 7.88. The number of rotatable bonds is 7. The highest BCUT2D eigenvalue weighted by Gasteiger charge is 2.79. The minimum absolute atomic E-state index is 0.163. The van der Waals surface area contributed by atoms with Crippen molar-refractivity contribution in [2.24, 2.45) is 0 Å². The third-order valence-electron chi connectivity index (χ3n) is 4.42. The van der Waals surface area contributed by atoms with Crippen molar-refractivity contribution in [3.05, 3.63) is 29.8 Å². The number of alkyl halides is 6. The molecule has 1 aliphatic carbocycles. The van der Waals surface area contributed by atoms with Crippen molar-refractivity contribution in [1.29, 1.82) is 0 Å². The van der Waals surface area contributed by atoms with Crippen LogP contribution < -0.4 is 4.18 Å². The van der Waals surface area contributed by atoms with Crippen molar-refractivity contribution in [3.63, 3.8) is 0 Å². The van der Waals surface area contributed by atoms with Crippen molar-refractivity contribution in [2.75, 3.05) is 0 Å². The predicted molar refractivity (Wildman–Crippen MR) is 85.6 cm³/mol. The first-order chi connectivity index (χ1) is 12.7. The summed E-state index contributed by atoms with van der Waals surface area (Å²) in [5.41, 5.74) is 0.759. The van der Waals surface area contributed by atoms with Gasteiger partial charge in [-0.05, 0) is 36.5 Å². The van der Waals surface area contributed by atoms with Crippen LogP contribution in [0.1, 0.15) is 43.6 Å². The van der Waals surface area contributed by atoms with Crippen LogP contribution in [0.3, 0.4) is 0 Å². The topological polar surface area (TPSA) is 83.5 Å². The van der Waals surface area contributed by atoms with E-state index in [1.807, 2.05) is 0 Å². The molecule has 1 unspecified atom stereocenters. The van der Waals surface area contributed by atoms with Crippen molar-refractivity contribution in [1.82, 2.24) is 0 Å². The number of hydrogen-bond donors (Lipinski definition) is 0. The highest BCUT2D eigenvalue weighted by Crippen LogP contribution is 2.50. The molecule has 5 nitrogen and oxygen atoms in total. The normalized spacial score (nSPS) is 18.7. The lowest BCUT2D eigenvalue weighted by Crippen LogP contribution is -2.60. The molecule has 13 heteroatoms. The fraction of sp³-hybridized carbons (Fsp3) is 0.600. The lowest BCUT2D eigenvalue weighted by atomic mass is 9.84. The molecular formula is C15H15F6O5S2-. The zero-order chi connectivity index (χ0) is 21.4. The van der Waals surface area contributed by atoms with Gasteiger partial charge in [-0.15, -0.1) is 0 Å². The van der Waals surface area contributed by atoms with Crippen LogP contribution in [0.5, 0.6) is 5.75 Å². The zero-order valence-corrected chi connectivity index (χ0v) is 15.7. The first-order valence-corrected chi connectivity index (χ1v) is 10.5. The van der Waals surface area contributed by atoms with Crippen LogP contribution >= 0.6 is 0 Å². The molecular weight excluding hydrogens is 438 g/mol. The van der Waals surface area contributed by atoms with Gasteiger partial charge < -0.3 is 8.74 Å². The monoisotopic (exact) mass is 453 g/mol. The lowest BCUT2D eigenvalue weighted by Gasteiger charge is -2.32. The Labute approximate surface area is 159 Å². The SMILES string of the molecule is O=S([O-])C(F)(F)C(F)(F)C(F)(F)S(=O)(=O)Oc1ccc(C2CCCCC2)cc1. The third-order valence-corrected chi connectivity index (χ3v) is 6.39. The minimum Gasteiger partial charge on any atom is -0.768 e. The van der Waals surface area contributed by atoms with Crippen LogP contribution in [-0.2, 0) is 21.2 Å². The molecule has 0 heterocycles. The molecule has 0 amide bonds. The van der Waals surface area contributed by atoms with E-state index in [1.165, 1.54) is 12.1 Å². The van der Waals surface area contributed by atoms with Gasteiger partial charge >= 0.3 is 26.5 Å². The molecule has 0 saturated heterocycles. The number of halogens is 6. The van der Waals surface area contributed by atoms with Crippen molar-refractivity contribution in [3.8, 4) is 5.75 Å². The zero-order valence-electron chi connectivity index (χ0n) is 14.0. The van der Waals surface area contributed by atoms with Gasteiger partial charge in [-0.1, -0.05) is 31.4 Å². The van der Waals surface area contributed by atoms with Crippen molar-refractivity contribution >= 4 is 21.2 Å². The van der Waals surface area contributed by atoms with Crippen molar-refractivity contribution < 1.29 is 47.7 Å². The molecule has 0 aliphatic heterocycles. The first kappa shape index (κ1) is 22.9. The average molecular weight is 453 g/mol. The van der Waals surface area contributed by atoms with Gasteiger partial charge in [0.2, 0.25) is 0 Å². The van der Waals surface area contributed by atoms with E-state index in [1.54, 1.807) is 0 Å². The average Bonchev–Trinajstić information content (AvgIpc) is 2.62. The first-order valence-electron chi connectivity index (χ1n) is 8.01. The van der Waals surface area contributed by atoms with E-state index in [2.05, 4.69) is 4.18 Å². The quantitative estimate of drug-likeness (QED) is 0.352. The van der Waals surface area contributed by atoms with Crippen LogP contribution in [0, 0.1) is 0 Å². The van der Waals surface area contributed by atoms with Gasteiger partial charge in [0.05, 0.1) is 0 Å². The van der Waals surface area contributed by atoms with E-state index >= 15 is 0 Å². The van der Waals surface area contributed by atoms with E-state index in [9.17, 15) is 43.5 Å². The summed E-state index contributed by atoms with van der Waals surface area (Å²) in [6.07, 6.45) is 4.76. The van der Waals surface area contributed by atoms with Crippen LogP contribution in [-0.4, -0.2) is 33.6 Å². The summed E-state index contributed by atoms with van der Waals surface area (Å²) < 4.78 is 127. The molecule has 0 aromatic heterocycles. The molecule has 0 N–H and O–H groups in total. The highest BCUT2D eigenvalue weighted by atomic mass is 32.2. The molecule has 160 valence electrons. The van der Waals surface area contributed by atoms with E-state index in [0.29, 0.717) is 0 Å². The summed E-state index contributed by atoms with van der Waals surface area (Å²) in [7, 11) is -6.66. The predicted octanol–water partition coefficient (Wildman–Crippen LogP) is 4.14. The Balaban J connectivity index is 2.25. The molecule has 1 aromatic rings. The van der Waals surface area contributed by atoms with Gasteiger partial charge in [0.1, 0.15) is 5.75 Å². The molecule has 28 heavy (non-hydrogen) atoms. The minimum atomic E-state index is -6.77. The van der Waals surface area contributed by atoms with E-state index < -0.39 is 43.4 Å². The van der Waals surface area contributed by atoms with Gasteiger partial charge in [-0.2, -0.15) is 34.8 Å². The number of benzene rings is 1. The Bertz CT molecular complexity index is 820. The van der Waals surface area contributed by atoms with Gasteiger partial charge in [0.25, 0.3) is 0 Å². The Hall–Kier alpha value is -1.34. The van der Waals surface area contributed by atoms with Gasteiger partial charge in [-0.25, -0.2) is 0 Å². The molecule has 1 aliphatic rings. The van der Waals surface area contributed by atoms with E-state index in [-0.39, 0.29) is 5.92 Å². The number of hydrogen-bond acceptors (Lipinski definition) is 5. The maximum Gasteiger partial charge on any atom is 0.450 e. The largest absolute Gasteiger partial charge is 0.768 e. The van der Waals surface area contributed by atoms with E-state index in [0.717, 1.165) is 49.8 Å². The van der Waals surface area contributed by atoms with Crippen molar-refractivity contribution in [2.45, 2.75) is 54.5 Å². The smallest absolute Gasteiger partial charge is 0.450 e. The fourth-order valence-corrected chi connectivity index (χ4v) is 4.15. The summed E-state index contributed by atoms with van der Waals surface area (Å²) in [4.78, 5) is 0. The Morgan fingerprint density at radius 3 is 1.93 bits per heavy atom. The van der Waals surface area contributed by atoms with Crippen LogP contribution in [0.4, 0.5) is 26.3 Å². The Morgan fingerprint density at radius 2 is 1.46 bits per heavy atom. The molecule has 1 saturated carbocycles. The summed E-state index contributed by atoms with van der Waals surface area (Å²) >= 11 is -5.01. The maximum absolute atomic E-state index is 13.7. The summed E-state index contributed by atoms with van der Waals surface area (Å²) in [6, 6.07) is 4.58. The third kappa shape index (κ3) is 4.01. The van der Waals surface area contributed by atoms with Gasteiger partial charge in [0, 0.05) is 11.1 Å². The van der Waals surface area contributed by atoms with Gasteiger partial charge in [-0.3, -0.25) is 4.21 Å². The van der Waals surface area contributed by atoms with Crippen LogP contribution in [0.15, 0.2) is 24.3 Å². The summed E-state index contributed by atoms with van der Waals surface area (Å²) in [6.45, 7) is 0. The van der Waals surface area contributed by atoms with E-state index in [4.69, 9.17) is 0 Å². The summed E-state index contributed by atoms with van der Waals surface area (Å²) in [5.74, 6) is -7.41. The maximum atomic E-state index is 13.7. The Kier molecular flexibility index (Phi) is 6.41. The molecule has 0 radical (unpaired) electrons. The van der Waals surface area contributed by atoms with Crippen LogP contribution in [0.25, 0.3) is 0 Å². The standard InChI is InChI=1S/C15H16F6O5S2/c16-13(17,14(18,19)27(22)23)15(20,21)28(24,25)26-12-8-6-11(7-9-12)10-4-2-1-3-5-10/h6-10H,1-5H2,(H,22,23)/p-1. The molecule has 2 rings (SSSR count). The molecule has 0 spiro atoms. The Morgan fingerprint density at radius 1 is 0.964 bits per heavy atom. The molecule has 1 fully saturated rings. The lowest BCUT2D eigenvalue weighted by molar-refractivity contribution is -0.245. The molecule has 0 bridgehead atoms. The molecule has 1 aromatic carbocycles. The van der Waals surface area contributed by atoms with Crippen LogP contribution in [0.2, 0.25) is 0 Å². The second kappa shape index (κ2) is 7.82. The molecule has 1 atom stereocenters. The summed E-state index contributed by atoms with van der Waals surface area (Å²) in [5, 5.41) is -12.9. The van der Waals surface area contributed by atoms with Gasteiger partial charge in [0.15, 0.2) is 0 Å².